The number of halogens is 4. The maximum Gasteiger partial charge on any atom is 0.397 e. The zero-order valence-corrected chi connectivity index (χ0v) is 22.0. The average molecular weight is 554 g/mol. The Bertz CT molecular complexity index is 1210. The van der Waals surface area contributed by atoms with Crippen LogP contribution in [-0.2, 0) is 9.53 Å². The quantitative estimate of drug-likeness (QED) is 0.569. The van der Waals surface area contributed by atoms with Crippen LogP contribution in [0.25, 0.3) is 0 Å². The van der Waals surface area contributed by atoms with E-state index in [1.165, 1.54) is 53.3 Å². The van der Waals surface area contributed by atoms with Crippen LogP contribution in [0.5, 0.6) is 5.75 Å². The van der Waals surface area contributed by atoms with Crippen molar-refractivity contribution >= 4 is 23.4 Å². The van der Waals surface area contributed by atoms with E-state index in [4.69, 9.17) is 9.47 Å². The Kier molecular flexibility index (Phi) is 9.54. The van der Waals surface area contributed by atoms with Crippen LogP contribution in [0.4, 0.5) is 23.2 Å². The lowest BCUT2D eigenvalue weighted by molar-refractivity contribution is -0.150. The van der Waals surface area contributed by atoms with Gasteiger partial charge in [0, 0.05) is 44.9 Å². The molecule has 0 aromatic heterocycles. The number of anilines is 1. The largest absolute Gasteiger partial charge is 0.491 e. The molecule has 0 saturated carbocycles. The van der Waals surface area contributed by atoms with E-state index in [0.717, 1.165) is 0 Å². The highest BCUT2D eigenvalue weighted by molar-refractivity contribution is 5.98. The number of fused-ring (bicyclic) bond motifs is 1. The molecule has 8 nitrogen and oxygen atoms in total. The van der Waals surface area contributed by atoms with E-state index in [1.807, 2.05) is 6.92 Å². The summed E-state index contributed by atoms with van der Waals surface area (Å²) < 4.78 is 63.9. The number of carbonyl (C=O) groups is 3. The molecule has 0 aliphatic carbocycles. The van der Waals surface area contributed by atoms with Gasteiger partial charge in [-0.25, -0.2) is 4.39 Å². The van der Waals surface area contributed by atoms with Crippen LogP contribution in [0.2, 0.25) is 0 Å². The van der Waals surface area contributed by atoms with Gasteiger partial charge in [-0.3, -0.25) is 14.4 Å². The third kappa shape index (κ3) is 7.69. The van der Waals surface area contributed by atoms with Gasteiger partial charge >= 0.3 is 6.18 Å². The molecule has 0 fully saturated rings. The van der Waals surface area contributed by atoms with Gasteiger partial charge < -0.3 is 24.6 Å². The minimum atomic E-state index is -4.69. The molecule has 1 aliphatic rings. The number of nitrogens with zero attached hydrogens (tertiary/aromatic N) is 2. The zero-order chi connectivity index (χ0) is 28.9. The second kappa shape index (κ2) is 12.5. The predicted octanol–water partition coefficient (Wildman–Crippen LogP) is 4.36. The van der Waals surface area contributed by atoms with Crippen molar-refractivity contribution in [3.63, 3.8) is 0 Å². The molecule has 0 unspecified atom stereocenters. The number of likely N-dealkylation sites (N-methyl/N-ethyl adjacent to an activating group) is 1. The normalized spacial score (nSPS) is 20.8. The smallest absolute Gasteiger partial charge is 0.397 e. The van der Waals surface area contributed by atoms with Crippen molar-refractivity contribution in [2.75, 3.05) is 39.2 Å². The number of nitrogens with one attached hydrogen (secondary N) is 1. The van der Waals surface area contributed by atoms with Crippen molar-refractivity contribution in [2.24, 2.45) is 5.92 Å². The molecule has 39 heavy (non-hydrogen) atoms. The number of rotatable bonds is 4. The van der Waals surface area contributed by atoms with Gasteiger partial charge in [0.1, 0.15) is 24.6 Å². The number of hydrogen-bond acceptors (Lipinski definition) is 5. The summed E-state index contributed by atoms with van der Waals surface area (Å²) in [4.78, 5) is 41.4. The fourth-order valence-electron chi connectivity index (χ4n) is 4.31. The Hall–Kier alpha value is -3.67. The zero-order valence-electron chi connectivity index (χ0n) is 22.0. The molecule has 1 aliphatic heterocycles. The van der Waals surface area contributed by atoms with Crippen LogP contribution in [-0.4, -0.2) is 79.7 Å². The lowest BCUT2D eigenvalue weighted by atomic mass is 10.0. The molecule has 2 aromatic carbocycles. The molecule has 0 bridgehead atoms. The molecule has 12 heteroatoms. The van der Waals surface area contributed by atoms with E-state index in [9.17, 15) is 31.9 Å². The van der Waals surface area contributed by atoms with Gasteiger partial charge in [0.15, 0.2) is 0 Å². The highest BCUT2D eigenvalue weighted by Crippen LogP contribution is 2.28. The second-order valence-electron chi connectivity index (χ2n) is 9.59. The van der Waals surface area contributed by atoms with Gasteiger partial charge in [-0.1, -0.05) is 19.1 Å². The minimum absolute atomic E-state index is 0.000815. The van der Waals surface area contributed by atoms with E-state index in [1.54, 1.807) is 20.0 Å². The predicted molar refractivity (Wildman–Crippen MR) is 135 cm³/mol. The standard InChI is InChI=1S/C27H31F4N3O5/c1-16-13-34(26(37)19-7-5-6-8-21(19)28)17(2)15-39-22-11-18(32-24(35)12-27(29,30)31)9-10-20(22)25(36)33(3)14-23(16)38-4/h5-11,16-17,23H,12-15H2,1-4H3,(H,32,35)/t16-,17+,23+/m0/s1. The summed E-state index contributed by atoms with van der Waals surface area (Å²) in [6, 6.07) is 8.92. The molecular formula is C27H31F4N3O5. The second-order valence-corrected chi connectivity index (χ2v) is 9.59. The molecule has 3 atom stereocenters. The minimum Gasteiger partial charge on any atom is -0.491 e. The van der Waals surface area contributed by atoms with Crippen molar-refractivity contribution in [3.8, 4) is 5.75 Å². The van der Waals surface area contributed by atoms with Gasteiger partial charge in [-0.15, -0.1) is 0 Å². The van der Waals surface area contributed by atoms with Gasteiger partial charge in [0.2, 0.25) is 5.91 Å². The Morgan fingerprint density at radius 2 is 1.82 bits per heavy atom. The van der Waals surface area contributed by atoms with Crippen molar-refractivity contribution in [2.45, 2.75) is 38.6 Å². The first-order valence-electron chi connectivity index (χ1n) is 12.3. The maximum absolute atomic E-state index is 14.5. The molecule has 1 N–H and O–H groups in total. The lowest BCUT2D eigenvalue weighted by Crippen LogP contribution is -2.48. The van der Waals surface area contributed by atoms with Crippen molar-refractivity contribution < 1.29 is 41.4 Å². The summed E-state index contributed by atoms with van der Waals surface area (Å²) in [7, 11) is 3.05. The van der Waals surface area contributed by atoms with Gasteiger partial charge in [-0.05, 0) is 31.2 Å². The Morgan fingerprint density at radius 1 is 1.13 bits per heavy atom. The number of carbonyl (C=O) groups excluding carboxylic acids is 3. The molecule has 0 radical (unpaired) electrons. The first-order chi connectivity index (χ1) is 18.3. The molecule has 3 amide bonds. The molecular weight excluding hydrogens is 522 g/mol. The van der Waals surface area contributed by atoms with E-state index in [2.05, 4.69) is 5.32 Å². The number of hydrogen-bond donors (Lipinski definition) is 1. The Labute approximate surface area is 223 Å². The third-order valence-corrected chi connectivity index (χ3v) is 6.46. The highest BCUT2D eigenvalue weighted by Gasteiger charge is 2.33. The monoisotopic (exact) mass is 553 g/mol. The van der Waals surface area contributed by atoms with Crippen LogP contribution < -0.4 is 10.1 Å². The summed E-state index contributed by atoms with van der Waals surface area (Å²) in [5.74, 6) is -3.18. The first kappa shape index (κ1) is 29.9. The fourth-order valence-corrected chi connectivity index (χ4v) is 4.31. The number of ether oxygens (including phenoxy) is 2. The van der Waals surface area contributed by atoms with Crippen molar-refractivity contribution in [1.29, 1.82) is 0 Å². The SMILES string of the molecule is CO[C@@H]1CN(C)C(=O)c2ccc(NC(=O)CC(F)(F)F)cc2OC[C@@H](C)N(C(=O)c2ccccc2F)C[C@@H]1C. The fraction of sp³-hybridized carbons (Fsp3) is 0.444. The molecule has 3 rings (SSSR count). The molecule has 2 aromatic rings. The van der Waals surface area contributed by atoms with Crippen LogP contribution in [0.3, 0.4) is 0 Å². The molecule has 212 valence electrons. The van der Waals surface area contributed by atoms with E-state index in [-0.39, 0.29) is 48.2 Å². The van der Waals surface area contributed by atoms with Crippen LogP contribution in [0.1, 0.15) is 41.0 Å². The first-order valence-corrected chi connectivity index (χ1v) is 12.3. The summed E-state index contributed by atoms with van der Waals surface area (Å²) >= 11 is 0. The van der Waals surface area contributed by atoms with Gasteiger partial charge in [-0.2, -0.15) is 13.2 Å². The molecule has 0 spiro atoms. The van der Waals surface area contributed by atoms with E-state index < -0.39 is 48.3 Å². The van der Waals surface area contributed by atoms with Gasteiger partial charge in [0.05, 0.1) is 23.3 Å². The van der Waals surface area contributed by atoms with Crippen LogP contribution >= 0.6 is 0 Å². The Balaban J connectivity index is 1.98. The number of benzene rings is 2. The summed E-state index contributed by atoms with van der Waals surface area (Å²) in [6.45, 7) is 3.74. The van der Waals surface area contributed by atoms with E-state index in [0.29, 0.717) is 0 Å². The van der Waals surface area contributed by atoms with Crippen molar-refractivity contribution in [1.82, 2.24) is 9.80 Å². The highest BCUT2D eigenvalue weighted by atomic mass is 19.4. The summed E-state index contributed by atoms with van der Waals surface area (Å²) in [5.41, 5.74) is -0.00516. The summed E-state index contributed by atoms with van der Waals surface area (Å²) in [5, 5.41) is 2.16. The van der Waals surface area contributed by atoms with E-state index >= 15 is 0 Å². The van der Waals surface area contributed by atoms with Gasteiger partial charge in [0.25, 0.3) is 11.8 Å². The number of methoxy groups -OCH3 is 1. The number of amides is 3. The maximum atomic E-state index is 14.5. The van der Waals surface area contributed by atoms with Crippen molar-refractivity contribution in [3.05, 3.63) is 59.4 Å². The summed E-state index contributed by atoms with van der Waals surface area (Å²) in [6.07, 6.45) is -6.84. The molecule has 1 heterocycles. The average Bonchev–Trinajstić information content (AvgIpc) is 2.86. The lowest BCUT2D eigenvalue weighted by Gasteiger charge is -2.36. The molecule has 0 saturated heterocycles. The third-order valence-electron chi connectivity index (χ3n) is 6.46. The Morgan fingerprint density at radius 3 is 2.46 bits per heavy atom. The van der Waals surface area contributed by atoms with Crippen LogP contribution in [0.15, 0.2) is 42.5 Å². The topological polar surface area (TPSA) is 88.2 Å². The number of alkyl halides is 3. The van der Waals surface area contributed by atoms with Crippen LogP contribution in [0, 0.1) is 11.7 Å².